The zero-order valence-corrected chi connectivity index (χ0v) is 14.9. The maximum atomic E-state index is 13.1. The standard InChI is InChI=1S/C18H23ClFN3O2/c19-15-12-13(20)4-5-14(15)16(24)22-8-10-23(11-9-22)17(25)18(21)6-2-1-3-7-18/h4-5,12H,1-3,6-11,21H2. The van der Waals surface area contributed by atoms with Gasteiger partial charge in [0.05, 0.1) is 16.1 Å². The van der Waals surface area contributed by atoms with Gasteiger partial charge in [-0.05, 0) is 31.0 Å². The normalized spacial score (nSPS) is 20.4. The predicted octanol–water partition coefficient (Wildman–Crippen LogP) is 2.43. The maximum absolute atomic E-state index is 13.1. The van der Waals surface area contributed by atoms with Crippen LogP contribution >= 0.6 is 11.6 Å². The highest BCUT2D eigenvalue weighted by molar-refractivity contribution is 6.33. The first-order valence-corrected chi connectivity index (χ1v) is 9.11. The molecule has 1 saturated carbocycles. The Bertz CT molecular complexity index is 668. The molecule has 25 heavy (non-hydrogen) atoms. The molecule has 0 unspecified atom stereocenters. The van der Waals surface area contributed by atoms with E-state index in [2.05, 4.69) is 0 Å². The first-order valence-electron chi connectivity index (χ1n) is 8.73. The Morgan fingerprint density at radius 3 is 2.24 bits per heavy atom. The van der Waals surface area contributed by atoms with Gasteiger partial charge in [0.15, 0.2) is 0 Å². The van der Waals surface area contributed by atoms with E-state index in [-0.39, 0.29) is 22.4 Å². The fourth-order valence-electron chi connectivity index (χ4n) is 3.66. The summed E-state index contributed by atoms with van der Waals surface area (Å²) in [4.78, 5) is 28.7. The van der Waals surface area contributed by atoms with Crippen molar-refractivity contribution in [2.24, 2.45) is 5.73 Å². The van der Waals surface area contributed by atoms with Crippen LogP contribution in [-0.2, 0) is 4.79 Å². The quantitative estimate of drug-likeness (QED) is 0.873. The van der Waals surface area contributed by atoms with Crippen molar-refractivity contribution in [2.45, 2.75) is 37.6 Å². The summed E-state index contributed by atoms with van der Waals surface area (Å²) in [6, 6.07) is 3.75. The number of amides is 2. The van der Waals surface area contributed by atoms with Crippen molar-refractivity contribution in [3.8, 4) is 0 Å². The van der Waals surface area contributed by atoms with Crippen LogP contribution in [0.3, 0.4) is 0 Å². The first kappa shape index (κ1) is 18.1. The van der Waals surface area contributed by atoms with Gasteiger partial charge in [0.2, 0.25) is 5.91 Å². The molecule has 1 aliphatic heterocycles. The van der Waals surface area contributed by atoms with Crippen LogP contribution in [0.15, 0.2) is 18.2 Å². The third-order valence-corrected chi connectivity index (χ3v) is 5.50. The minimum absolute atomic E-state index is 0.000821. The molecule has 0 spiro atoms. The fraction of sp³-hybridized carbons (Fsp3) is 0.556. The number of piperazine rings is 1. The zero-order valence-electron chi connectivity index (χ0n) is 14.1. The highest BCUT2D eigenvalue weighted by Crippen LogP contribution is 2.28. The second kappa shape index (κ2) is 7.30. The van der Waals surface area contributed by atoms with Crippen LogP contribution in [-0.4, -0.2) is 53.3 Å². The molecule has 5 nitrogen and oxygen atoms in total. The lowest BCUT2D eigenvalue weighted by Gasteiger charge is -2.41. The van der Waals surface area contributed by atoms with Crippen molar-refractivity contribution in [3.05, 3.63) is 34.6 Å². The number of rotatable bonds is 2. The van der Waals surface area contributed by atoms with Gasteiger partial charge < -0.3 is 15.5 Å². The van der Waals surface area contributed by atoms with Gasteiger partial charge in [0.25, 0.3) is 5.91 Å². The summed E-state index contributed by atoms with van der Waals surface area (Å²) in [5.74, 6) is -0.714. The van der Waals surface area contributed by atoms with Crippen LogP contribution in [0.25, 0.3) is 0 Å². The molecule has 2 amide bonds. The minimum atomic E-state index is -0.745. The van der Waals surface area contributed by atoms with Gasteiger partial charge in [-0.3, -0.25) is 9.59 Å². The summed E-state index contributed by atoms with van der Waals surface area (Å²) in [6.07, 6.45) is 4.58. The number of nitrogens with zero attached hydrogens (tertiary/aromatic N) is 2. The fourth-order valence-corrected chi connectivity index (χ4v) is 3.91. The van der Waals surface area contributed by atoms with Crippen molar-refractivity contribution in [1.29, 1.82) is 0 Å². The van der Waals surface area contributed by atoms with E-state index in [4.69, 9.17) is 17.3 Å². The SMILES string of the molecule is NC1(C(=O)N2CCN(C(=O)c3ccc(F)cc3Cl)CC2)CCCCC1. The molecule has 0 bridgehead atoms. The molecule has 1 aromatic carbocycles. The van der Waals surface area contributed by atoms with Gasteiger partial charge in [-0.25, -0.2) is 4.39 Å². The lowest BCUT2D eigenvalue weighted by Crippen LogP contribution is -2.60. The summed E-state index contributed by atoms with van der Waals surface area (Å²) in [5, 5.41) is 0.103. The lowest BCUT2D eigenvalue weighted by atomic mass is 9.81. The highest BCUT2D eigenvalue weighted by atomic mass is 35.5. The van der Waals surface area contributed by atoms with Gasteiger partial charge in [-0.2, -0.15) is 0 Å². The Hall–Kier alpha value is -1.66. The molecule has 1 aromatic rings. The topological polar surface area (TPSA) is 66.6 Å². The Morgan fingerprint density at radius 2 is 1.64 bits per heavy atom. The Morgan fingerprint density at radius 1 is 1.04 bits per heavy atom. The van der Waals surface area contributed by atoms with E-state index in [1.807, 2.05) is 0 Å². The lowest BCUT2D eigenvalue weighted by molar-refractivity contribution is -0.139. The minimum Gasteiger partial charge on any atom is -0.338 e. The molecular formula is C18H23ClFN3O2. The van der Waals surface area contributed by atoms with Gasteiger partial charge in [0, 0.05) is 26.2 Å². The van der Waals surface area contributed by atoms with Gasteiger partial charge in [0.1, 0.15) is 5.82 Å². The largest absolute Gasteiger partial charge is 0.338 e. The molecule has 0 aromatic heterocycles. The molecule has 0 radical (unpaired) electrons. The van der Waals surface area contributed by atoms with Gasteiger partial charge in [-0.15, -0.1) is 0 Å². The molecule has 0 atom stereocenters. The number of halogens is 2. The van der Waals surface area contributed by atoms with Crippen molar-refractivity contribution in [2.75, 3.05) is 26.2 Å². The van der Waals surface area contributed by atoms with Crippen LogP contribution in [0.2, 0.25) is 5.02 Å². The molecule has 3 rings (SSSR count). The summed E-state index contributed by atoms with van der Waals surface area (Å²) >= 11 is 5.97. The van der Waals surface area contributed by atoms with Gasteiger partial charge >= 0.3 is 0 Å². The van der Waals surface area contributed by atoms with E-state index in [9.17, 15) is 14.0 Å². The number of benzene rings is 1. The monoisotopic (exact) mass is 367 g/mol. The summed E-state index contributed by atoms with van der Waals surface area (Å²) < 4.78 is 13.1. The van der Waals surface area contributed by atoms with E-state index in [0.29, 0.717) is 26.2 Å². The van der Waals surface area contributed by atoms with E-state index in [1.165, 1.54) is 12.1 Å². The molecule has 7 heteroatoms. The number of nitrogens with two attached hydrogens (primary N) is 1. The number of carbonyl (C=O) groups excluding carboxylic acids is 2. The molecule has 1 heterocycles. The third kappa shape index (κ3) is 3.80. The Labute approximate surface area is 151 Å². The van der Waals surface area contributed by atoms with Crippen LogP contribution in [0.4, 0.5) is 4.39 Å². The van der Waals surface area contributed by atoms with Crippen LogP contribution in [0.5, 0.6) is 0 Å². The van der Waals surface area contributed by atoms with Crippen molar-refractivity contribution in [1.82, 2.24) is 9.80 Å². The second-order valence-corrected chi connectivity index (χ2v) is 7.33. The van der Waals surface area contributed by atoms with Crippen molar-refractivity contribution >= 4 is 23.4 Å². The average Bonchev–Trinajstić information content (AvgIpc) is 2.61. The molecule has 1 aliphatic carbocycles. The third-order valence-electron chi connectivity index (χ3n) is 5.19. The average molecular weight is 368 g/mol. The maximum Gasteiger partial charge on any atom is 0.255 e. The van der Waals surface area contributed by atoms with Crippen LogP contribution in [0.1, 0.15) is 42.5 Å². The van der Waals surface area contributed by atoms with E-state index < -0.39 is 11.4 Å². The van der Waals surface area contributed by atoms with Gasteiger partial charge in [-0.1, -0.05) is 30.9 Å². The summed E-state index contributed by atoms with van der Waals surface area (Å²) in [7, 11) is 0. The molecule has 2 aliphatic rings. The highest BCUT2D eigenvalue weighted by Gasteiger charge is 2.39. The smallest absolute Gasteiger partial charge is 0.255 e. The first-order chi connectivity index (χ1) is 11.9. The Balaban J connectivity index is 1.61. The molecule has 136 valence electrons. The molecule has 1 saturated heterocycles. The van der Waals surface area contributed by atoms with E-state index in [1.54, 1.807) is 9.80 Å². The van der Waals surface area contributed by atoms with Crippen LogP contribution < -0.4 is 5.73 Å². The molecule has 2 N–H and O–H groups in total. The van der Waals surface area contributed by atoms with Crippen molar-refractivity contribution < 1.29 is 14.0 Å². The van der Waals surface area contributed by atoms with E-state index in [0.717, 1.165) is 38.2 Å². The second-order valence-electron chi connectivity index (χ2n) is 6.93. The van der Waals surface area contributed by atoms with Crippen LogP contribution in [0, 0.1) is 5.82 Å². The number of hydrogen-bond donors (Lipinski definition) is 1. The number of carbonyl (C=O) groups is 2. The van der Waals surface area contributed by atoms with E-state index >= 15 is 0 Å². The summed E-state index contributed by atoms with van der Waals surface area (Å²) in [5.41, 5.74) is 5.87. The Kier molecular flexibility index (Phi) is 5.29. The molecule has 2 fully saturated rings. The molecular weight excluding hydrogens is 345 g/mol. The number of hydrogen-bond acceptors (Lipinski definition) is 3. The van der Waals surface area contributed by atoms with Crippen molar-refractivity contribution in [3.63, 3.8) is 0 Å². The zero-order chi connectivity index (χ0) is 18.0. The summed E-state index contributed by atoms with van der Waals surface area (Å²) in [6.45, 7) is 1.77. The predicted molar refractivity (Wildman–Crippen MR) is 93.9 cm³/mol.